The average Bonchev–Trinajstić information content (AvgIpc) is 2.81. The molecule has 3 nitrogen and oxygen atoms in total. The summed E-state index contributed by atoms with van der Waals surface area (Å²) in [7, 11) is 0. The Morgan fingerprint density at radius 3 is 2.79 bits per heavy atom. The Kier molecular flexibility index (Phi) is 3.12. The number of nitrogens with zero attached hydrogens (tertiary/aromatic N) is 2. The van der Waals surface area contributed by atoms with Crippen LogP contribution in [0.4, 0.5) is 11.6 Å². The van der Waals surface area contributed by atoms with Crippen molar-refractivity contribution in [2.24, 2.45) is 0 Å². The number of aryl methyl sites for hydroxylation is 2. The molecule has 0 aliphatic rings. The Morgan fingerprint density at radius 1 is 1.16 bits per heavy atom. The van der Waals surface area contributed by atoms with E-state index in [0.29, 0.717) is 11.1 Å². The lowest BCUT2D eigenvalue weighted by molar-refractivity contribution is 1.21. The van der Waals surface area contributed by atoms with Gasteiger partial charge in [-0.3, -0.25) is 0 Å². The summed E-state index contributed by atoms with van der Waals surface area (Å²) in [5.74, 6) is 0.534. The molecular weight excluding hydrogens is 278 g/mol. The summed E-state index contributed by atoms with van der Waals surface area (Å²) >= 11 is 7.71. The number of benzene rings is 1. The number of aromatic nitrogens is 2. The highest BCUT2D eigenvalue weighted by Crippen LogP contribution is 2.27. The molecule has 0 fully saturated rings. The average molecular weight is 290 g/mol. The zero-order valence-corrected chi connectivity index (χ0v) is 12.1. The predicted molar refractivity (Wildman–Crippen MR) is 81.6 cm³/mol. The number of rotatable bonds is 2. The van der Waals surface area contributed by atoms with Crippen LogP contribution < -0.4 is 5.32 Å². The maximum atomic E-state index is 6.15. The third-order valence-electron chi connectivity index (χ3n) is 2.91. The van der Waals surface area contributed by atoms with Crippen LogP contribution in [0.15, 0.2) is 29.6 Å². The number of fused-ring (bicyclic) bond motifs is 1. The van der Waals surface area contributed by atoms with E-state index in [0.717, 1.165) is 21.5 Å². The van der Waals surface area contributed by atoms with Crippen LogP contribution in [0, 0.1) is 13.8 Å². The largest absolute Gasteiger partial charge is 0.324 e. The van der Waals surface area contributed by atoms with Crippen molar-refractivity contribution >= 4 is 44.8 Å². The van der Waals surface area contributed by atoms with E-state index in [2.05, 4.69) is 41.3 Å². The van der Waals surface area contributed by atoms with Gasteiger partial charge in [-0.05, 0) is 36.9 Å². The molecule has 2 heterocycles. The second kappa shape index (κ2) is 4.79. The van der Waals surface area contributed by atoms with Crippen molar-refractivity contribution in [3.8, 4) is 0 Å². The minimum atomic E-state index is 0.485. The van der Waals surface area contributed by atoms with Crippen molar-refractivity contribution in [2.45, 2.75) is 13.8 Å². The molecule has 0 atom stereocenters. The SMILES string of the molecule is Cc1ccc(Nc2nc(Cl)c3ccsc3n2)c(C)c1. The molecule has 5 heteroatoms. The van der Waals surface area contributed by atoms with Crippen molar-refractivity contribution < 1.29 is 0 Å². The van der Waals surface area contributed by atoms with E-state index < -0.39 is 0 Å². The second-order valence-corrected chi connectivity index (χ2v) is 5.67. The Morgan fingerprint density at radius 2 is 2.00 bits per heavy atom. The number of nitrogens with one attached hydrogen (secondary N) is 1. The molecule has 2 aromatic heterocycles. The smallest absolute Gasteiger partial charge is 0.230 e. The van der Waals surface area contributed by atoms with Gasteiger partial charge in [-0.1, -0.05) is 29.3 Å². The van der Waals surface area contributed by atoms with Gasteiger partial charge >= 0.3 is 0 Å². The lowest BCUT2D eigenvalue weighted by Crippen LogP contribution is -1.99. The molecule has 0 aliphatic carbocycles. The Labute approximate surface area is 120 Å². The molecule has 0 saturated heterocycles. The molecule has 1 N–H and O–H groups in total. The molecule has 19 heavy (non-hydrogen) atoms. The third kappa shape index (κ3) is 2.41. The zero-order chi connectivity index (χ0) is 13.4. The summed E-state index contributed by atoms with van der Waals surface area (Å²) in [6.07, 6.45) is 0. The fourth-order valence-electron chi connectivity index (χ4n) is 1.95. The van der Waals surface area contributed by atoms with E-state index in [4.69, 9.17) is 11.6 Å². The number of halogens is 1. The van der Waals surface area contributed by atoms with Crippen LogP contribution in [0.25, 0.3) is 10.2 Å². The standard InChI is InChI=1S/C14H12ClN3S/c1-8-3-4-11(9(2)7-8)16-14-17-12(15)10-5-6-19-13(10)18-14/h3-7H,1-2H3,(H,16,17,18). The minimum Gasteiger partial charge on any atom is -0.324 e. The molecule has 0 aliphatic heterocycles. The van der Waals surface area contributed by atoms with Crippen molar-refractivity contribution in [3.63, 3.8) is 0 Å². The summed E-state index contributed by atoms with van der Waals surface area (Å²) in [4.78, 5) is 9.64. The first-order chi connectivity index (χ1) is 9.13. The van der Waals surface area contributed by atoms with Crippen molar-refractivity contribution in [2.75, 3.05) is 5.32 Å². The molecule has 1 aromatic carbocycles. The highest BCUT2D eigenvalue weighted by atomic mass is 35.5. The number of anilines is 2. The summed E-state index contributed by atoms with van der Waals surface area (Å²) in [5.41, 5.74) is 3.39. The van der Waals surface area contributed by atoms with Gasteiger partial charge in [0.2, 0.25) is 5.95 Å². The van der Waals surface area contributed by atoms with Gasteiger partial charge in [-0.15, -0.1) is 11.3 Å². The highest BCUT2D eigenvalue weighted by Gasteiger charge is 2.08. The van der Waals surface area contributed by atoms with Crippen molar-refractivity contribution in [3.05, 3.63) is 45.9 Å². The number of thiophene rings is 1. The summed E-state index contributed by atoms with van der Waals surface area (Å²) in [5, 5.41) is 6.57. The van der Waals surface area contributed by atoms with Gasteiger partial charge in [0.1, 0.15) is 9.98 Å². The molecular formula is C14H12ClN3S. The highest BCUT2D eigenvalue weighted by molar-refractivity contribution is 7.16. The fourth-order valence-corrected chi connectivity index (χ4v) is 3.00. The van der Waals surface area contributed by atoms with E-state index >= 15 is 0 Å². The lowest BCUT2D eigenvalue weighted by atomic mass is 10.1. The molecule has 96 valence electrons. The molecule has 0 radical (unpaired) electrons. The first kappa shape index (κ1) is 12.4. The third-order valence-corrected chi connectivity index (χ3v) is 4.00. The van der Waals surface area contributed by atoms with E-state index in [1.54, 1.807) is 11.3 Å². The van der Waals surface area contributed by atoms with Crippen LogP contribution in [0.1, 0.15) is 11.1 Å². The monoisotopic (exact) mass is 289 g/mol. The first-order valence-electron chi connectivity index (χ1n) is 5.88. The predicted octanol–water partition coefficient (Wildman–Crippen LogP) is 4.71. The van der Waals surface area contributed by atoms with Crippen molar-refractivity contribution in [1.82, 2.24) is 9.97 Å². The van der Waals surface area contributed by atoms with Crippen LogP contribution in [0.2, 0.25) is 5.15 Å². The Bertz CT molecular complexity index is 752. The maximum Gasteiger partial charge on any atom is 0.230 e. The topological polar surface area (TPSA) is 37.8 Å². The molecule has 0 spiro atoms. The van der Waals surface area contributed by atoms with Crippen LogP contribution in [0.5, 0.6) is 0 Å². The van der Waals surface area contributed by atoms with Gasteiger partial charge in [0.05, 0.1) is 0 Å². The summed E-state index contributed by atoms with van der Waals surface area (Å²) in [6, 6.07) is 8.14. The molecule has 3 aromatic rings. The Hall–Kier alpha value is -1.65. The normalized spacial score (nSPS) is 10.9. The molecule has 0 amide bonds. The van der Waals surface area contributed by atoms with Crippen LogP contribution >= 0.6 is 22.9 Å². The van der Waals surface area contributed by atoms with Gasteiger partial charge in [0.15, 0.2) is 0 Å². The first-order valence-corrected chi connectivity index (χ1v) is 7.14. The van der Waals surface area contributed by atoms with E-state index in [-0.39, 0.29) is 0 Å². The van der Waals surface area contributed by atoms with Gasteiger partial charge in [0.25, 0.3) is 0 Å². The molecule has 3 rings (SSSR count). The lowest BCUT2D eigenvalue weighted by Gasteiger charge is -2.09. The van der Waals surface area contributed by atoms with E-state index in [1.807, 2.05) is 17.5 Å². The molecule has 0 unspecified atom stereocenters. The van der Waals surface area contributed by atoms with E-state index in [9.17, 15) is 0 Å². The second-order valence-electron chi connectivity index (χ2n) is 4.42. The molecule has 0 saturated carbocycles. The molecule has 0 bridgehead atoms. The van der Waals surface area contributed by atoms with Gasteiger partial charge < -0.3 is 5.32 Å². The van der Waals surface area contributed by atoms with Gasteiger partial charge in [-0.25, -0.2) is 9.97 Å². The Balaban J connectivity index is 2.00. The summed E-state index contributed by atoms with van der Waals surface area (Å²) in [6.45, 7) is 4.13. The quantitative estimate of drug-likeness (QED) is 0.695. The van der Waals surface area contributed by atoms with Crippen molar-refractivity contribution in [1.29, 1.82) is 0 Å². The van der Waals surface area contributed by atoms with Crippen LogP contribution in [-0.2, 0) is 0 Å². The van der Waals surface area contributed by atoms with E-state index in [1.165, 1.54) is 5.56 Å². The maximum absolute atomic E-state index is 6.15. The van der Waals surface area contributed by atoms with Crippen LogP contribution in [-0.4, -0.2) is 9.97 Å². The number of hydrogen-bond donors (Lipinski definition) is 1. The fraction of sp³-hybridized carbons (Fsp3) is 0.143. The van der Waals surface area contributed by atoms with Gasteiger partial charge in [0, 0.05) is 11.1 Å². The number of hydrogen-bond acceptors (Lipinski definition) is 4. The minimum absolute atomic E-state index is 0.485. The zero-order valence-electron chi connectivity index (χ0n) is 10.6. The van der Waals surface area contributed by atoms with Gasteiger partial charge in [-0.2, -0.15) is 0 Å². The summed E-state index contributed by atoms with van der Waals surface area (Å²) < 4.78 is 0. The van der Waals surface area contributed by atoms with Crippen LogP contribution in [0.3, 0.4) is 0 Å².